The molecule has 2 atom stereocenters. The van der Waals surface area contributed by atoms with Crippen LogP contribution in [0.15, 0.2) is 60.7 Å². The highest BCUT2D eigenvalue weighted by molar-refractivity contribution is 5.96. The van der Waals surface area contributed by atoms with Crippen molar-refractivity contribution in [3.8, 4) is 0 Å². The maximum atomic E-state index is 13.2. The second-order valence-corrected chi connectivity index (χ2v) is 9.90. The lowest BCUT2D eigenvalue weighted by Gasteiger charge is -2.41. The molecular formula is C30H39NO2. The van der Waals surface area contributed by atoms with Crippen molar-refractivity contribution in [1.82, 2.24) is 4.90 Å². The Balaban J connectivity index is 1.78. The molecular weight excluding hydrogens is 406 g/mol. The Morgan fingerprint density at radius 3 is 1.97 bits per heavy atom. The SMILES string of the molecule is CCN1CC[C@](O)(/C=C\c2ccc(C(C)C)cc2)[C@H](C(=O)/C=C/c2ccc(C(C)C)cc2)C1. The molecule has 2 aromatic carbocycles. The number of likely N-dealkylation sites (tertiary alicyclic amines) is 1. The smallest absolute Gasteiger partial charge is 0.163 e. The van der Waals surface area contributed by atoms with E-state index in [1.165, 1.54) is 11.1 Å². The van der Waals surface area contributed by atoms with E-state index < -0.39 is 11.5 Å². The molecule has 3 nitrogen and oxygen atoms in total. The first-order valence-corrected chi connectivity index (χ1v) is 12.3. The molecule has 0 aromatic heterocycles. The van der Waals surface area contributed by atoms with Crippen LogP contribution in [0.1, 0.15) is 75.1 Å². The van der Waals surface area contributed by atoms with Crippen molar-refractivity contribution in [3.05, 3.63) is 82.9 Å². The highest BCUT2D eigenvalue weighted by atomic mass is 16.3. The van der Waals surface area contributed by atoms with Crippen LogP contribution in [-0.4, -0.2) is 41.0 Å². The zero-order valence-corrected chi connectivity index (χ0v) is 20.8. The number of allylic oxidation sites excluding steroid dienone is 1. The number of hydrogen-bond donors (Lipinski definition) is 1. The summed E-state index contributed by atoms with van der Waals surface area (Å²) in [4.78, 5) is 15.5. The Morgan fingerprint density at radius 2 is 1.48 bits per heavy atom. The molecule has 0 unspecified atom stereocenters. The summed E-state index contributed by atoms with van der Waals surface area (Å²) < 4.78 is 0. The second kappa shape index (κ2) is 11.1. The van der Waals surface area contributed by atoms with Gasteiger partial charge in [-0.15, -0.1) is 0 Å². The summed E-state index contributed by atoms with van der Waals surface area (Å²) in [5.41, 5.74) is 3.47. The zero-order chi connectivity index (χ0) is 24.0. The predicted octanol–water partition coefficient (Wildman–Crippen LogP) is 6.30. The third kappa shape index (κ3) is 6.52. The van der Waals surface area contributed by atoms with Crippen molar-refractivity contribution in [2.75, 3.05) is 19.6 Å². The van der Waals surface area contributed by atoms with Crippen LogP contribution in [0.25, 0.3) is 12.2 Å². The Morgan fingerprint density at radius 1 is 0.970 bits per heavy atom. The minimum Gasteiger partial charge on any atom is -0.385 e. The van der Waals surface area contributed by atoms with E-state index in [1.807, 2.05) is 30.4 Å². The predicted molar refractivity (Wildman–Crippen MR) is 139 cm³/mol. The van der Waals surface area contributed by atoms with E-state index in [9.17, 15) is 9.90 Å². The average Bonchev–Trinajstić information content (AvgIpc) is 2.82. The van der Waals surface area contributed by atoms with Gasteiger partial charge in [-0.05, 0) is 53.1 Å². The molecule has 0 spiro atoms. The van der Waals surface area contributed by atoms with Gasteiger partial charge < -0.3 is 10.0 Å². The topological polar surface area (TPSA) is 40.5 Å². The van der Waals surface area contributed by atoms with Crippen LogP contribution in [0.2, 0.25) is 0 Å². The van der Waals surface area contributed by atoms with Crippen LogP contribution in [0.3, 0.4) is 0 Å². The van der Waals surface area contributed by atoms with E-state index in [-0.39, 0.29) is 5.78 Å². The summed E-state index contributed by atoms with van der Waals surface area (Å²) in [7, 11) is 0. The van der Waals surface area contributed by atoms with E-state index in [1.54, 1.807) is 6.08 Å². The summed E-state index contributed by atoms with van der Waals surface area (Å²) in [6.45, 7) is 13.0. The average molecular weight is 446 g/mol. The van der Waals surface area contributed by atoms with Gasteiger partial charge in [0, 0.05) is 13.1 Å². The maximum Gasteiger partial charge on any atom is 0.163 e. The first-order valence-electron chi connectivity index (χ1n) is 12.3. The van der Waals surface area contributed by atoms with Gasteiger partial charge in [-0.2, -0.15) is 0 Å². The summed E-state index contributed by atoms with van der Waals surface area (Å²) in [5.74, 6) is 0.461. The van der Waals surface area contributed by atoms with Gasteiger partial charge in [-0.3, -0.25) is 4.79 Å². The molecule has 0 saturated carbocycles. The molecule has 1 N–H and O–H groups in total. The van der Waals surface area contributed by atoms with Gasteiger partial charge in [0.25, 0.3) is 0 Å². The summed E-state index contributed by atoms with van der Waals surface area (Å²) in [5, 5.41) is 11.5. The molecule has 2 aromatic rings. The number of benzene rings is 2. The van der Waals surface area contributed by atoms with Crippen molar-refractivity contribution >= 4 is 17.9 Å². The molecule has 1 aliphatic rings. The van der Waals surface area contributed by atoms with Crippen LogP contribution in [0, 0.1) is 5.92 Å². The maximum absolute atomic E-state index is 13.2. The minimum absolute atomic E-state index is 0.0246. The van der Waals surface area contributed by atoms with Crippen molar-refractivity contribution in [3.63, 3.8) is 0 Å². The normalized spacial score (nSPS) is 22.1. The highest BCUT2D eigenvalue weighted by Gasteiger charge is 2.42. The number of ketones is 1. The van der Waals surface area contributed by atoms with Crippen LogP contribution in [0.4, 0.5) is 0 Å². The number of hydrogen-bond acceptors (Lipinski definition) is 3. The summed E-state index contributed by atoms with van der Waals surface area (Å²) in [6.07, 6.45) is 7.86. The minimum atomic E-state index is -1.15. The van der Waals surface area contributed by atoms with Gasteiger partial charge in [0.2, 0.25) is 0 Å². The fraction of sp³-hybridized carbons (Fsp3) is 0.433. The molecule has 1 aliphatic heterocycles. The first-order chi connectivity index (χ1) is 15.7. The largest absolute Gasteiger partial charge is 0.385 e. The third-order valence-electron chi connectivity index (χ3n) is 6.87. The van der Waals surface area contributed by atoms with Crippen LogP contribution >= 0.6 is 0 Å². The quantitative estimate of drug-likeness (QED) is 0.485. The van der Waals surface area contributed by atoms with Crippen LogP contribution < -0.4 is 0 Å². The summed E-state index contributed by atoms with van der Waals surface area (Å²) >= 11 is 0. The molecule has 3 heteroatoms. The first kappa shape index (κ1) is 25.1. The van der Waals surface area contributed by atoms with Gasteiger partial charge in [0.05, 0.1) is 11.5 Å². The Kier molecular flexibility index (Phi) is 8.45. The van der Waals surface area contributed by atoms with Crippen molar-refractivity contribution in [1.29, 1.82) is 0 Å². The fourth-order valence-corrected chi connectivity index (χ4v) is 4.36. The molecule has 3 rings (SSSR count). The highest BCUT2D eigenvalue weighted by Crippen LogP contribution is 2.32. The van der Waals surface area contributed by atoms with Crippen molar-refractivity contribution < 1.29 is 9.90 Å². The number of carbonyl (C=O) groups excluding carboxylic acids is 1. The van der Waals surface area contributed by atoms with Crippen molar-refractivity contribution in [2.24, 2.45) is 5.92 Å². The van der Waals surface area contributed by atoms with Gasteiger partial charge in [0.15, 0.2) is 5.78 Å². The molecule has 1 fully saturated rings. The number of piperidine rings is 1. The Hall–Kier alpha value is -2.49. The van der Waals surface area contributed by atoms with E-state index in [0.29, 0.717) is 24.8 Å². The molecule has 0 aliphatic carbocycles. The Bertz CT molecular complexity index is 969. The van der Waals surface area contributed by atoms with Gasteiger partial charge in [-0.25, -0.2) is 0 Å². The van der Waals surface area contributed by atoms with Crippen molar-refractivity contribution in [2.45, 2.75) is 58.5 Å². The Labute approximate surface area is 199 Å². The standard InChI is InChI=1S/C30H39NO2/c1-6-31-20-19-30(33,18-17-25-9-14-27(15-10-25)23(4)5)28(21-31)29(32)16-11-24-7-12-26(13-8-24)22(2)3/h7-18,22-23,28,33H,6,19-21H2,1-5H3/b16-11+,18-17-/t28-,30+/m0/s1. The van der Waals surface area contributed by atoms with Gasteiger partial charge in [-0.1, -0.05) is 101 Å². The molecule has 0 amide bonds. The van der Waals surface area contributed by atoms with E-state index >= 15 is 0 Å². The van der Waals surface area contributed by atoms with Crippen LogP contribution in [-0.2, 0) is 4.79 Å². The zero-order valence-electron chi connectivity index (χ0n) is 20.8. The number of aliphatic hydroxyl groups is 1. The molecule has 1 heterocycles. The van der Waals surface area contributed by atoms with Gasteiger partial charge in [0.1, 0.15) is 0 Å². The van der Waals surface area contributed by atoms with E-state index in [0.717, 1.165) is 24.2 Å². The summed E-state index contributed by atoms with van der Waals surface area (Å²) in [6, 6.07) is 16.7. The lowest BCUT2D eigenvalue weighted by Crippen LogP contribution is -2.53. The monoisotopic (exact) mass is 445 g/mol. The molecule has 33 heavy (non-hydrogen) atoms. The number of rotatable bonds is 8. The lowest BCUT2D eigenvalue weighted by molar-refractivity contribution is -0.129. The molecule has 1 saturated heterocycles. The number of nitrogens with zero attached hydrogens (tertiary/aromatic N) is 1. The van der Waals surface area contributed by atoms with E-state index in [4.69, 9.17) is 0 Å². The molecule has 0 bridgehead atoms. The van der Waals surface area contributed by atoms with E-state index in [2.05, 4.69) is 75.9 Å². The third-order valence-corrected chi connectivity index (χ3v) is 6.87. The molecule has 176 valence electrons. The van der Waals surface area contributed by atoms with Gasteiger partial charge >= 0.3 is 0 Å². The lowest BCUT2D eigenvalue weighted by atomic mass is 9.77. The molecule has 0 radical (unpaired) electrons. The second-order valence-electron chi connectivity index (χ2n) is 9.90. The van der Waals surface area contributed by atoms with Crippen LogP contribution in [0.5, 0.6) is 0 Å². The fourth-order valence-electron chi connectivity index (χ4n) is 4.36. The number of carbonyl (C=O) groups is 1.